The lowest BCUT2D eigenvalue weighted by atomic mass is 10.2. The van der Waals surface area contributed by atoms with Crippen LogP contribution in [0.25, 0.3) is 10.9 Å². The number of carbonyl (C=O) groups excluding carboxylic acids is 1. The van der Waals surface area contributed by atoms with Crippen LogP contribution in [-0.4, -0.2) is 46.2 Å². The predicted octanol–water partition coefficient (Wildman–Crippen LogP) is 3.47. The molecule has 0 aliphatic carbocycles. The lowest BCUT2D eigenvalue weighted by Gasteiger charge is -2.24. The third-order valence-corrected chi connectivity index (χ3v) is 6.64. The quantitative estimate of drug-likeness (QED) is 0.598. The fourth-order valence-corrected chi connectivity index (χ4v) is 4.68. The SMILES string of the molecule is CCn1c(=O)c2cc(N3CCCN(C(=O)Nc4ccc(C#N)c(Cl)c4)CC3)ccc2n(CC)c1=O. The molecule has 10 heteroatoms. The van der Waals surface area contributed by atoms with E-state index in [1.165, 1.54) is 4.57 Å². The molecule has 0 saturated carbocycles. The first-order chi connectivity index (χ1) is 16.9. The molecule has 2 amide bonds. The van der Waals surface area contributed by atoms with Crippen molar-refractivity contribution in [2.75, 3.05) is 36.4 Å². The zero-order valence-electron chi connectivity index (χ0n) is 19.8. The number of nitrogens with one attached hydrogen (secondary N) is 1. The van der Waals surface area contributed by atoms with Crippen molar-refractivity contribution in [1.82, 2.24) is 14.0 Å². The van der Waals surface area contributed by atoms with Gasteiger partial charge in [0.2, 0.25) is 0 Å². The normalized spacial score (nSPS) is 14.0. The standard InChI is InChI=1S/C25H27ClN6O3/c1-3-31-22-9-8-19(15-20(22)23(33)32(4-2)25(31)35)29-10-5-11-30(13-12-29)24(34)28-18-7-6-17(16-27)21(26)14-18/h6-9,14-15H,3-5,10-13H2,1-2H3,(H,28,34). The molecule has 1 aliphatic heterocycles. The Bertz CT molecular complexity index is 1440. The van der Waals surface area contributed by atoms with Crippen LogP contribution in [0.2, 0.25) is 5.02 Å². The molecule has 2 aromatic carbocycles. The summed E-state index contributed by atoms with van der Waals surface area (Å²) >= 11 is 6.07. The molecule has 9 nitrogen and oxygen atoms in total. The lowest BCUT2D eigenvalue weighted by molar-refractivity contribution is 0.215. The molecule has 35 heavy (non-hydrogen) atoms. The topological polar surface area (TPSA) is 103 Å². The molecule has 0 unspecified atom stereocenters. The number of aromatic nitrogens is 2. The minimum Gasteiger partial charge on any atom is -0.370 e. The maximum Gasteiger partial charge on any atom is 0.331 e. The highest BCUT2D eigenvalue weighted by atomic mass is 35.5. The van der Waals surface area contributed by atoms with E-state index in [-0.39, 0.29) is 17.3 Å². The zero-order chi connectivity index (χ0) is 25.1. The van der Waals surface area contributed by atoms with Gasteiger partial charge in [0.25, 0.3) is 5.56 Å². The second-order valence-electron chi connectivity index (χ2n) is 8.34. The zero-order valence-corrected chi connectivity index (χ0v) is 20.5. The number of nitrogens with zero attached hydrogens (tertiary/aromatic N) is 5. The molecule has 2 heterocycles. The van der Waals surface area contributed by atoms with Crippen molar-refractivity contribution in [1.29, 1.82) is 5.26 Å². The lowest BCUT2D eigenvalue weighted by Crippen LogP contribution is -2.39. The number of halogens is 1. The minimum absolute atomic E-state index is 0.232. The van der Waals surface area contributed by atoms with Gasteiger partial charge in [-0.25, -0.2) is 9.59 Å². The second kappa shape index (κ2) is 10.2. The van der Waals surface area contributed by atoms with E-state index in [4.69, 9.17) is 16.9 Å². The van der Waals surface area contributed by atoms with E-state index < -0.39 is 0 Å². The fourth-order valence-electron chi connectivity index (χ4n) is 4.46. The Kier molecular flexibility index (Phi) is 7.12. The van der Waals surface area contributed by atoms with E-state index in [1.54, 1.807) is 34.6 Å². The average molecular weight is 495 g/mol. The monoisotopic (exact) mass is 494 g/mol. The predicted molar refractivity (Wildman–Crippen MR) is 137 cm³/mol. The number of anilines is 2. The molecular weight excluding hydrogens is 468 g/mol. The van der Waals surface area contributed by atoms with Gasteiger partial charge in [0.1, 0.15) is 6.07 Å². The van der Waals surface area contributed by atoms with Crippen molar-refractivity contribution in [3.05, 3.63) is 67.8 Å². The van der Waals surface area contributed by atoms with Crippen LogP contribution in [0, 0.1) is 11.3 Å². The fraction of sp³-hybridized carbons (Fsp3) is 0.360. The first-order valence-corrected chi connectivity index (χ1v) is 12.0. The molecule has 1 N–H and O–H groups in total. The number of benzene rings is 2. The summed E-state index contributed by atoms with van der Waals surface area (Å²) < 4.78 is 2.88. The molecule has 1 aliphatic rings. The highest BCUT2D eigenvalue weighted by Crippen LogP contribution is 2.23. The first kappa shape index (κ1) is 24.4. The van der Waals surface area contributed by atoms with Crippen LogP contribution in [0.15, 0.2) is 46.0 Å². The minimum atomic E-state index is -0.291. The van der Waals surface area contributed by atoms with Crippen molar-refractivity contribution in [3.63, 3.8) is 0 Å². The van der Waals surface area contributed by atoms with E-state index in [0.717, 1.165) is 18.7 Å². The average Bonchev–Trinajstić information content (AvgIpc) is 3.11. The molecule has 0 bridgehead atoms. The van der Waals surface area contributed by atoms with Crippen molar-refractivity contribution in [3.8, 4) is 6.07 Å². The Hall–Kier alpha value is -3.77. The van der Waals surface area contributed by atoms with E-state index >= 15 is 0 Å². The van der Waals surface area contributed by atoms with E-state index in [1.807, 2.05) is 31.2 Å². The van der Waals surface area contributed by atoms with Gasteiger partial charge in [-0.1, -0.05) is 11.6 Å². The number of hydrogen-bond acceptors (Lipinski definition) is 5. The maximum absolute atomic E-state index is 13.0. The highest BCUT2D eigenvalue weighted by molar-refractivity contribution is 6.32. The van der Waals surface area contributed by atoms with Gasteiger partial charge in [-0.15, -0.1) is 0 Å². The third-order valence-electron chi connectivity index (χ3n) is 6.33. The Morgan fingerprint density at radius 1 is 1.03 bits per heavy atom. The van der Waals surface area contributed by atoms with Crippen LogP contribution in [-0.2, 0) is 13.1 Å². The number of urea groups is 1. The molecule has 1 aromatic heterocycles. The highest BCUT2D eigenvalue weighted by Gasteiger charge is 2.21. The molecule has 0 atom stereocenters. The Morgan fingerprint density at radius 3 is 2.49 bits per heavy atom. The van der Waals surface area contributed by atoms with Crippen LogP contribution in [0.1, 0.15) is 25.8 Å². The number of carbonyl (C=O) groups is 1. The summed E-state index contributed by atoms with van der Waals surface area (Å²) in [6, 6.07) is 12.2. The number of amides is 2. The molecule has 0 spiro atoms. The Labute approximate surface area is 207 Å². The molecule has 4 rings (SSSR count). The third kappa shape index (κ3) is 4.75. The summed E-state index contributed by atoms with van der Waals surface area (Å²) in [6.45, 7) is 6.89. The summed E-state index contributed by atoms with van der Waals surface area (Å²) in [7, 11) is 0. The van der Waals surface area contributed by atoms with Crippen LogP contribution in [0.5, 0.6) is 0 Å². The Balaban J connectivity index is 1.53. The second-order valence-corrected chi connectivity index (χ2v) is 8.75. The van der Waals surface area contributed by atoms with Crippen molar-refractivity contribution in [2.24, 2.45) is 0 Å². The van der Waals surface area contributed by atoms with Crippen LogP contribution < -0.4 is 21.5 Å². The van der Waals surface area contributed by atoms with Crippen LogP contribution in [0.4, 0.5) is 16.2 Å². The molecular formula is C25H27ClN6O3. The van der Waals surface area contributed by atoms with Gasteiger partial charge in [-0.3, -0.25) is 13.9 Å². The van der Waals surface area contributed by atoms with Crippen molar-refractivity contribution < 1.29 is 4.79 Å². The molecule has 0 radical (unpaired) electrons. The van der Waals surface area contributed by atoms with Crippen LogP contribution in [0.3, 0.4) is 0 Å². The van der Waals surface area contributed by atoms with Gasteiger partial charge < -0.3 is 15.1 Å². The number of fused-ring (bicyclic) bond motifs is 1. The van der Waals surface area contributed by atoms with Gasteiger partial charge in [-0.05, 0) is 56.7 Å². The molecule has 1 fully saturated rings. The number of aryl methyl sites for hydroxylation is 1. The number of hydrogen-bond donors (Lipinski definition) is 1. The number of nitriles is 1. The summed E-state index contributed by atoms with van der Waals surface area (Å²) in [4.78, 5) is 42.3. The summed E-state index contributed by atoms with van der Waals surface area (Å²) in [5, 5.41) is 12.7. The molecule has 3 aromatic rings. The van der Waals surface area contributed by atoms with E-state index in [0.29, 0.717) is 59.9 Å². The van der Waals surface area contributed by atoms with Crippen molar-refractivity contribution in [2.45, 2.75) is 33.4 Å². The smallest absolute Gasteiger partial charge is 0.331 e. The summed E-state index contributed by atoms with van der Waals surface area (Å²) in [6.07, 6.45) is 0.757. The van der Waals surface area contributed by atoms with Crippen LogP contribution >= 0.6 is 11.6 Å². The van der Waals surface area contributed by atoms with E-state index in [2.05, 4.69) is 10.2 Å². The number of rotatable bonds is 4. The van der Waals surface area contributed by atoms with Gasteiger partial charge >= 0.3 is 11.7 Å². The Morgan fingerprint density at radius 2 is 1.80 bits per heavy atom. The van der Waals surface area contributed by atoms with E-state index in [9.17, 15) is 14.4 Å². The molecule has 182 valence electrons. The van der Waals surface area contributed by atoms with Gasteiger partial charge in [0, 0.05) is 50.6 Å². The van der Waals surface area contributed by atoms with Gasteiger partial charge in [0.15, 0.2) is 0 Å². The van der Waals surface area contributed by atoms with Gasteiger partial charge in [-0.2, -0.15) is 5.26 Å². The first-order valence-electron chi connectivity index (χ1n) is 11.7. The summed E-state index contributed by atoms with van der Waals surface area (Å²) in [5.41, 5.74) is 1.83. The summed E-state index contributed by atoms with van der Waals surface area (Å²) in [5.74, 6) is 0. The van der Waals surface area contributed by atoms with Crippen molar-refractivity contribution >= 4 is 39.9 Å². The maximum atomic E-state index is 13.0. The van der Waals surface area contributed by atoms with Gasteiger partial charge in [0.05, 0.1) is 21.5 Å². The molecule has 1 saturated heterocycles. The largest absolute Gasteiger partial charge is 0.370 e.